The van der Waals surface area contributed by atoms with Crippen LogP contribution < -0.4 is 4.90 Å². The Labute approximate surface area is 104 Å². The number of anilines is 1. The SMILES string of the molecule is CCC1(O)CN(c2cccc(C#N)c2[N+](=O)[O-])C1. The first kappa shape index (κ1) is 12.3. The summed E-state index contributed by atoms with van der Waals surface area (Å²) in [5.41, 5.74) is -0.504. The summed E-state index contributed by atoms with van der Waals surface area (Å²) in [6, 6.07) is 6.47. The van der Waals surface area contributed by atoms with Crippen LogP contribution in [0.5, 0.6) is 0 Å². The minimum absolute atomic E-state index is 0.0458. The second kappa shape index (κ2) is 4.27. The van der Waals surface area contributed by atoms with Gasteiger partial charge in [-0.15, -0.1) is 0 Å². The maximum Gasteiger partial charge on any atom is 0.310 e. The average molecular weight is 247 g/mol. The highest BCUT2D eigenvalue weighted by molar-refractivity contribution is 5.71. The van der Waals surface area contributed by atoms with Crippen molar-refractivity contribution in [1.82, 2.24) is 0 Å². The zero-order valence-electron chi connectivity index (χ0n) is 9.96. The fourth-order valence-corrected chi connectivity index (χ4v) is 2.13. The van der Waals surface area contributed by atoms with Gasteiger partial charge in [-0.25, -0.2) is 0 Å². The predicted molar refractivity (Wildman–Crippen MR) is 65.3 cm³/mol. The molecule has 94 valence electrons. The topological polar surface area (TPSA) is 90.4 Å². The molecular formula is C12H13N3O3. The number of aliphatic hydroxyl groups is 1. The van der Waals surface area contributed by atoms with Gasteiger partial charge in [0.15, 0.2) is 0 Å². The molecule has 6 nitrogen and oxygen atoms in total. The van der Waals surface area contributed by atoms with Crippen LogP contribution >= 0.6 is 0 Å². The van der Waals surface area contributed by atoms with E-state index in [0.29, 0.717) is 25.2 Å². The van der Waals surface area contributed by atoms with Gasteiger partial charge in [0.05, 0.1) is 10.5 Å². The summed E-state index contributed by atoms with van der Waals surface area (Å²) in [5, 5.41) is 29.9. The molecule has 0 amide bonds. The number of nitro groups is 1. The summed E-state index contributed by atoms with van der Waals surface area (Å²) in [4.78, 5) is 12.2. The molecule has 1 aromatic carbocycles. The van der Waals surface area contributed by atoms with E-state index in [-0.39, 0.29) is 11.3 Å². The van der Waals surface area contributed by atoms with Crippen LogP contribution in [0, 0.1) is 21.4 Å². The van der Waals surface area contributed by atoms with E-state index < -0.39 is 10.5 Å². The van der Waals surface area contributed by atoms with Crippen molar-refractivity contribution in [2.75, 3.05) is 18.0 Å². The highest BCUT2D eigenvalue weighted by Gasteiger charge is 2.42. The highest BCUT2D eigenvalue weighted by atomic mass is 16.6. The Kier molecular flexibility index (Phi) is 2.93. The monoisotopic (exact) mass is 247 g/mol. The van der Waals surface area contributed by atoms with Crippen molar-refractivity contribution in [2.45, 2.75) is 18.9 Å². The number of hydrogen-bond acceptors (Lipinski definition) is 5. The van der Waals surface area contributed by atoms with Gasteiger partial charge in [0.2, 0.25) is 0 Å². The zero-order chi connectivity index (χ0) is 13.3. The van der Waals surface area contributed by atoms with Gasteiger partial charge in [0, 0.05) is 13.1 Å². The Morgan fingerprint density at radius 3 is 2.78 bits per heavy atom. The Morgan fingerprint density at radius 1 is 1.61 bits per heavy atom. The molecule has 0 bridgehead atoms. The summed E-state index contributed by atoms with van der Waals surface area (Å²) >= 11 is 0. The number of nitrogens with zero attached hydrogens (tertiary/aromatic N) is 3. The standard InChI is InChI=1S/C12H13N3O3/c1-2-12(16)7-14(8-12)10-5-3-4-9(6-13)11(10)15(17)18/h3-5,16H,2,7-8H2,1H3. The molecule has 18 heavy (non-hydrogen) atoms. The molecule has 0 radical (unpaired) electrons. The van der Waals surface area contributed by atoms with E-state index in [1.807, 2.05) is 13.0 Å². The number of β-amino-alcohol motifs (C(OH)–C–C–N with tert-alkyl or cyclic N) is 1. The molecule has 0 saturated carbocycles. The lowest BCUT2D eigenvalue weighted by atomic mass is 9.90. The lowest BCUT2D eigenvalue weighted by Crippen LogP contribution is -2.61. The molecule has 1 aromatic rings. The van der Waals surface area contributed by atoms with Crippen molar-refractivity contribution >= 4 is 11.4 Å². The van der Waals surface area contributed by atoms with Gasteiger partial charge < -0.3 is 10.0 Å². The zero-order valence-corrected chi connectivity index (χ0v) is 9.96. The summed E-state index contributed by atoms with van der Waals surface area (Å²) < 4.78 is 0. The third kappa shape index (κ3) is 1.89. The van der Waals surface area contributed by atoms with Crippen LogP contribution in [-0.2, 0) is 0 Å². The fraction of sp³-hybridized carbons (Fsp3) is 0.417. The van der Waals surface area contributed by atoms with E-state index in [2.05, 4.69) is 0 Å². The van der Waals surface area contributed by atoms with Crippen molar-refractivity contribution in [2.24, 2.45) is 0 Å². The van der Waals surface area contributed by atoms with Gasteiger partial charge in [-0.1, -0.05) is 13.0 Å². The van der Waals surface area contributed by atoms with Gasteiger partial charge in [0.1, 0.15) is 17.3 Å². The van der Waals surface area contributed by atoms with Crippen molar-refractivity contribution in [3.05, 3.63) is 33.9 Å². The van der Waals surface area contributed by atoms with Crippen LogP contribution in [-0.4, -0.2) is 28.7 Å². The van der Waals surface area contributed by atoms with E-state index in [9.17, 15) is 15.2 Å². The molecule has 6 heteroatoms. The number of benzene rings is 1. The minimum atomic E-state index is -0.767. The van der Waals surface area contributed by atoms with Crippen molar-refractivity contribution in [3.8, 4) is 6.07 Å². The largest absolute Gasteiger partial charge is 0.386 e. The van der Waals surface area contributed by atoms with Gasteiger partial charge in [-0.3, -0.25) is 10.1 Å². The maximum absolute atomic E-state index is 11.0. The Bertz CT molecular complexity index is 530. The first-order valence-electron chi connectivity index (χ1n) is 5.65. The summed E-state index contributed by atoms with van der Waals surface area (Å²) in [6.45, 7) is 2.59. The molecule has 0 spiro atoms. The van der Waals surface area contributed by atoms with Crippen LogP contribution in [0.25, 0.3) is 0 Å². The van der Waals surface area contributed by atoms with E-state index in [1.54, 1.807) is 17.0 Å². The van der Waals surface area contributed by atoms with Crippen LogP contribution in [0.4, 0.5) is 11.4 Å². The van der Waals surface area contributed by atoms with Gasteiger partial charge in [-0.2, -0.15) is 5.26 Å². The van der Waals surface area contributed by atoms with Gasteiger partial charge >= 0.3 is 5.69 Å². The maximum atomic E-state index is 11.0. The molecule has 1 N–H and O–H groups in total. The molecule has 0 aliphatic carbocycles. The molecule has 0 atom stereocenters. The van der Waals surface area contributed by atoms with Crippen LogP contribution in [0.3, 0.4) is 0 Å². The number of nitro benzene ring substituents is 1. The second-order valence-corrected chi connectivity index (χ2v) is 4.48. The Balaban J connectivity index is 2.36. The number of hydrogen-bond donors (Lipinski definition) is 1. The summed E-state index contributed by atoms with van der Waals surface area (Å²) in [7, 11) is 0. The van der Waals surface area contributed by atoms with E-state index >= 15 is 0 Å². The van der Waals surface area contributed by atoms with Gasteiger partial charge in [0.25, 0.3) is 0 Å². The van der Waals surface area contributed by atoms with E-state index in [4.69, 9.17) is 5.26 Å². The molecule has 1 fully saturated rings. The number of nitriles is 1. The fourth-order valence-electron chi connectivity index (χ4n) is 2.13. The normalized spacial score (nSPS) is 16.8. The lowest BCUT2D eigenvalue weighted by Gasteiger charge is -2.47. The molecule has 1 saturated heterocycles. The smallest absolute Gasteiger partial charge is 0.310 e. The highest BCUT2D eigenvalue weighted by Crippen LogP contribution is 2.37. The van der Waals surface area contributed by atoms with Crippen molar-refractivity contribution in [1.29, 1.82) is 5.26 Å². The van der Waals surface area contributed by atoms with Crippen LogP contribution in [0.2, 0.25) is 0 Å². The number of rotatable bonds is 3. The molecule has 2 rings (SSSR count). The van der Waals surface area contributed by atoms with Crippen LogP contribution in [0.15, 0.2) is 18.2 Å². The predicted octanol–water partition coefficient (Wildman–Crippen LogP) is 1.43. The van der Waals surface area contributed by atoms with Crippen molar-refractivity contribution in [3.63, 3.8) is 0 Å². The molecule has 1 heterocycles. The summed E-state index contributed by atoms with van der Waals surface area (Å²) in [5.74, 6) is 0. The van der Waals surface area contributed by atoms with E-state index in [0.717, 1.165) is 0 Å². The molecule has 1 aliphatic rings. The minimum Gasteiger partial charge on any atom is -0.386 e. The Hall–Kier alpha value is -2.13. The first-order valence-corrected chi connectivity index (χ1v) is 5.65. The quantitative estimate of drug-likeness (QED) is 0.644. The Morgan fingerprint density at radius 2 is 2.28 bits per heavy atom. The second-order valence-electron chi connectivity index (χ2n) is 4.48. The van der Waals surface area contributed by atoms with E-state index in [1.165, 1.54) is 6.07 Å². The average Bonchev–Trinajstić information content (AvgIpc) is 2.33. The lowest BCUT2D eigenvalue weighted by molar-refractivity contribution is -0.384. The first-order chi connectivity index (χ1) is 8.50. The van der Waals surface area contributed by atoms with Crippen molar-refractivity contribution < 1.29 is 10.0 Å². The molecule has 0 aromatic heterocycles. The summed E-state index contributed by atoms with van der Waals surface area (Å²) in [6.07, 6.45) is 0.606. The van der Waals surface area contributed by atoms with Crippen LogP contribution in [0.1, 0.15) is 18.9 Å². The molecular weight excluding hydrogens is 234 g/mol. The number of para-hydroxylation sites is 1. The van der Waals surface area contributed by atoms with Gasteiger partial charge in [-0.05, 0) is 18.6 Å². The molecule has 1 aliphatic heterocycles. The third-order valence-corrected chi connectivity index (χ3v) is 3.29. The third-order valence-electron chi connectivity index (χ3n) is 3.29. The molecule has 0 unspecified atom stereocenters.